The average molecular weight is 507 g/mol. The summed E-state index contributed by atoms with van der Waals surface area (Å²) in [4.78, 5) is 23.2. The van der Waals surface area contributed by atoms with Gasteiger partial charge in [0, 0.05) is 67.3 Å². The summed E-state index contributed by atoms with van der Waals surface area (Å²) in [6, 6.07) is 14.4. The van der Waals surface area contributed by atoms with E-state index in [1.165, 1.54) is 12.1 Å². The minimum absolute atomic E-state index is 0.0973. The zero-order valence-corrected chi connectivity index (χ0v) is 21.8. The van der Waals surface area contributed by atoms with Crippen molar-refractivity contribution in [2.75, 3.05) is 49.1 Å². The molecule has 1 spiro atoms. The van der Waals surface area contributed by atoms with Crippen LogP contribution in [0.25, 0.3) is 4.85 Å². The molecule has 3 aliphatic rings. The van der Waals surface area contributed by atoms with Crippen LogP contribution in [-0.4, -0.2) is 61.3 Å². The third-order valence-electron chi connectivity index (χ3n) is 8.61. The van der Waals surface area contributed by atoms with Crippen LogP contribution in [0, 0.1) is 17.9 Å². The van der Waals surface area contributed by atoms with E-state index in [0.29, 0.717) is 28.1 Å². The fraction of sp³-hybridized carbons (Fsp3) is 0.517. The largest absolute Gasteiger partial charge is 0.396 e. The monoisotopic (exact) mass is 506 g/mol. The molecule has 1 atom stereocenters. The molecule has 3 saturated heterocycles. The minimum Gasteiger partial charge on any atom is -0.396 e. The molecule has 1 N–H and O–H groups in total. The van der Waals surface area contributed by atoms with Crippen molar-refractivity contribution in [2.45, 2.75) is 45.1 Å². The van der Waals surface area contributed by atoms with Gasteiger partial charge in [0.1, 0.15) is 0 Å². The molecule has 0 saturated carbocycles. The number of amides is 1. The number of piperidine rings is 2. The van der Waals surface area contributed by atoms with Crippen LogP contribution >= 0.6 is 11.6 Å². The highest BCUT2D eigenvalue weighted by Crippen LogP contribution is 2.46. The van der Waals surface area contributed by atoms with E-state index in [0.717, 1.165) is 69.7 Å². The number of likely N-dealkylation sites (tertiary alicyclic amines) is 1. The number of nitrogens with zero attached hydrogens (tertiary/aromatic N) is 4. The van der Waals surface area contributed by atoms with Gasteiger partial charge in [-0.1, -0.05) is 17.7 Å². The van der Waals surface area contributed by atoms with Crippen molar-refractivity contribution in [2.24, 2.45) is 11.3 Å². The highest BCUT2D eigenvalue weighted by Gasteiger charge is 2.44. The number of carbonyl (C=O) groups excluding carboxylic acids is 1. The summed E-state index contributed by atoms with van der Waals surface area (Å²) in [5, 5.41) is 9.87. The molecule has 3 fully saturated rings. The lowest BCUT2D eigenvalue weighted by molar-refractivity contribution is 0.0651. The van der Waals surface area contributed by atoms with E-state index in [1.54, 1.807) is 0 Å². The molecule has 3 aliphatic heterocycles. The van der Waals surface area contributed by atoms with E-state index in [2.05, 4.69) is 33.7 Å². The van der Waals surface area contributed by atoms with Crippen LogP contribution in [0.2, 0.25) is 5.02 Å². The minimum atomic E-state index is 0.0973. The van der Waals surface area contributed by atoms with Crippen LogP contribution in [0.1, 0.15) is 49.4 Å². The molecule has 7 heteroatoms. The molecule has 190 valence electrons. The second-order valence-electron chi connectivity index (χ2n) is 10.9. The average Bonchev–Trinajstić information content (AvgIpc) is 3.24. The molecule has 0 radical (unpaired) electrons. The van der Waals surface area contributed by atoms with Gasteiger partial charge >= 0.3 is 0 Å². The van der Waals surface area contributed by atoms with E-state index >= 15 is 0 Å². The Morgan fingerprint density at radius 3 is 2.36 bits per heavy atom. The summed E-state index contributed by atoms with van der Waals surface area (Å²) in [6.07, 6.45) is 5.21. The van der Waals surface area contributed by atoms with E-state index < -0.39 is 0 Å². The number of aliphatic hydroxyl groups excluding tert-OH is 1. The van der Waals surface area contributed by atoms with E-state index in [1.807, 2.05) is 35.2 Å². The van der Waals surface area contributed by atoms with Gasteiger partial charge in [0.2, 0.25) is 5.69 Å². The van der Waals surface area contributed by atoms with Gasteiger partial charge in [0.25, 0.3) is 5.91 Å². The van der Waals surface area contributed by atoms with Crippen molar-refractivity contribution in [1.29, 1.82) is 0 Å². The summed E-state index contributed by atoms with van der Waals surface area (Å²) in [6.45, 7) is 14.3. The van der Waals surface area contributed by atoms with E-state index in [-0.39, 0.29) is 12.5 Å². The van der Waals surface area contributed by atoms with E-state index in [9.17, 15) is 9.90 Å². The van der Waals surface area contributed by atoms with Crippen LogP contribution in [0.15, 0.2) is 42.5 Å². The Bertz CT molecular complexity index is 1130. The van der Waals surface area contributed by atoms with E-state index in [4.69, 9.17) is 18.2 Å². The van der Waals surface area contributed by atoms with Gasteiger partial charge < -0.3 is 19.8 Å². The van der Waals surface area contributed by atoms with Crippen molar-refractivity contribution in [3.05, 3.63) is 64.5 Å². The number of benzene rings is 2. The lowest BCUT2D eigenvalue weighted by atomic mass is 9.76. The summed E-state index contributed by atoms with van der Waals surface area (Å²) in [5.41, 5.74) is 3.86. The van der Waals surface area contributed by atoms with Crippen molar-refractivity contribution >= 4 is 34.6 Å². The molecule has 3 heterocycles. The molecule has 1 amide bonds. The second kappa shape index (κ2) is 10.3. The van der Waals surface area contributed by atoms with Gasteiger partial charge in [-0.25, -0.2) is 4.85 Å². The van der Waals surface area contributed by atoms with Crippen molar-refractivity contribution in [3.63, 3.8) is 0 Å². The highest BCUT2D eigenvalue weighted by molar-refractivity contribution is 6.33. The van der Waals surface area contributed by atoms with Gasteiger partial charge in [0.05, 0.1) is 6.57 Å². The predicted octanol–water partition coefficient (Wildman–Crippen LogP) is 5.62. The first-order valence-corrected chi connectivity index (χ1v) is 13.5. The van der Waals surface area contributed by atoms with Crippen molar-refractivity contribution in [3.8, 4) is 0 Å². The van der Waals surface area contributed by atoms with Gasteiger partial charge in [-0.3, -0.25) is 4.79 Å². The first-order valence-electron chi connectivity index (χ1n) is 13.1. The topological polar surface area (TPSA) is 51.4 Å². The molecular weight excluding hydrogens is 472 g/mol. The molecule has 6 nitrogen and oxygen atoms in total. The van der Waals surface area contributed by atoms with Crippen molar-refractivity contribution in [1.82, 2.24) is 4.90 Å². The van der Waals surface area contributed by atoms with Crippen LogP contribution in [0.3, 0.4) is 0 Å². The predicted molar refractivity (Wildman–Crippen MR) is 145 cm³/mol. The van der Waals surface area contributed by atoms with Gasteiger partial charge in [-0.15, -0.1) is 0 Å². The Hall–Kier alpha value is -2.75. The Morgan fingerprint density at radius 2 is 1.75 bits per heavy atom. The van der Waals surface area contributed by atoms with Gasteiger partial charge in [-0.05, 0) is 86.8 Å². The Morgan fingerprint density at radius 1 is 1.08 bits per heavy atom. The first-order chi connectivity index (χ1) is 17.4. The quantitative estimate of drug-likeness (QED) is 0.547. The Kier molecular flexibility index (Phi) is 7.14. The standard InChI is InChI=1S/C29H35ClN4O2/c1-21-18-29(20-34(21)25-7-8-27(31-2)26(30)17-25)11-15-32(16-12-29)24-5-3-23(4-6-24)28(36)33-13-9-22(19-35)10-14-33/h3-8,17,21-22,35H,9-16,18-20H2,1H3/t21-/m0/s1. The van der Waals surface area contributed by atoms with Crippen LogP contribution in [0.4, 0.5) is 17.1 Å². The molecular formula is C29H35ClN4O2. The maximum absolute atomic E-state index is 12.9. The Labute approximate surface area is 219 Å². The number of rotatable bonds is 4. The number of carbonyl (C=O) groups is 1. The normalized spacial score (nSPS) is 22.2. The molecule has 2 aromatic rings. The zero-order chi connectivity index (χ0) is 25.3. The van der Waals surface area contributed by atoms with Crippen LogP contribution in [-0.2, 0) is 0 Å². The lowest BCUT2D eigenvalue weighted by Gasteiger charge is -2.40. The summed E-state index contributed by atoms with van der Waals surface area (Å²) >= 11 is 6.33. The third kappa shape index (κ3) is 4.92. The lowest BCUT2D eigenvalue weighted by Crippen LogP contribution is -2.41. The highest BCUT2D eigenvalue weighted by atomic mass is 35.5. The maximum Gasteiger partial charge on any atom is 0.253 e. The van der Waals surface area contributed by atoms with Crippen LogP contribution < -0.4 is 9.80 Å². The number of halogens is 1. The number of hydrogen-bond acceptors (Lipinski definition) is 4. The molecule has 0 aliphatic carbocycles. The zero-order valence-electron chi connectivity index (χ0n) is 21.0. The van der Waals surface area contributed by atoms with Crippen molar-refractivity contribution < 1.29 is 9.90 Å². The SMILES string of the molecule is [C-]#[N+]c1ccc(N2CC3(CCN(c4ccc(C(=O)N5CCC(CO)CC5)cc4)CC3)C[C@@H]2C)cc1Cl. The third-order valence-corrected chi connectivity index (χ3v) is 8.92. The molecule has 0 aromatic heterocycles. The number of aliphatic hydroxyl groups is 1. The number of anilines is 2. The fourth-order valence-electron chi connectivity index (χ4n) is 6.35. The first kappa shape index (κ1) is 24.9. The molecule has 5 rings (SSSR count). The second-order valence-corrected chi connectivity index (χ2v) is 11.3. The van der Waals surface area contributed by atoms with Gasteiger partial charge in [-0.2, -0.15) is 0 Å². The summed E-state index contributed by atoms with van der Waals surface area (Å²) in [7, 11) is 0. The molecule has 0 unspecified atom stereocenters. The molecule has 0 bridgehead atoms. The van der Waals surface area contributed by atoms with Crippen LogP contribution in [0.5, 0.6) is 0 Å². The number of hydrogen-bond donors (Lipinski definition) is 1. The maximum atomic E-state index is 12.9. The fourth-order valence-corrected chi connectivity index (χ4v) is 6.56. The van der Waals surface area contributed by atoms with Gasteiger partial charge in [0.15, 0.2) is 0 Å². The summed E-state index contributed by atoms with van der Waals surface area (Å²) in [5.74, 6) is 0.428. The molecule has 2 aromatic carbocycles. The molecule has 36 heavy (non-hydrogen) atoms. The smallest absolute Gasteiger partial charge is 0.253 e. The summed E-state index contributed by atoms with van der Waals surface area (Å²) < 4.78 is 0. The Balaban J connectivity index is 1.18.